The van der Waals surface area contributed by atoms with E-state index in [0.29, 0.717) is 43.3 Å². The molecule has 1 aromatic heterocycles. The summed E-state index contributed by atoms with van der Waals surface area (Å²) in [6, 6.07) is 7.39. The van der Waals surface area contributed by atoms with Crippen LogP contribution in [0.3, 0.4) is 0 Å². The molecule has 2 aliphatic heterocycles. The van der Waals surface area contributed by atoms with E-state index in [1.165, 1.54) is 0 Å². The number of phenols is 1. The van der Waals surface area contributed by atoms with Gasteiger partial charge in [0.2, 0.25) is 0 Å². The molecular formula is C23H31N5O4. The highest BCUT2D eigenvalue weighted by Crippen LogP contribution is 2.35. The lowest BCUT2D eigenvalue weighted by Gasteiger charge is -2.44. The molecule has 0 radical (unpaired) electrons. The van der Waals surface area contributed by atoms with Crippen molar-refractivity contribution in [3.63, 3.8) is 0 Å². The molecule has 0 spiro atoms. The monoisotopic (exact) mass is 441 g/mol. The van der Waals surface area contributed by atoms with E-state index in [-0.39, 0.29) is 11.9 Å². The zero-order chi connectivity index (χ0) is 23.3. The van der Waals surface area contributed by atoms with Gasteiger partial charge in [-0.1, -0.05) is 6.07 Å². The van der Waals surface area contributed by atoms with Crippen LogP contribution in [0.4, 0.5) is 10.6 Å². The van der Waals surface area contributed by atoms with Crippen LogP contribution in [0.15, 0.2) is 24.3 Å². The number of nitrogens with two attached hydrogens (primary N) is 1. The zero-order valence-electron chi connectivity index (χ0n) is 19.3. The summed E-state index contributed by atoms with van der Waals surface area (Å²) in [5.41, 5.74) is 8.25. The maximum Gasteiger partial charge on any atom is 0.412 e. The van der Waals surface area contributed by atoms with Crippen molar-refractivity contribution in [3.05, 3.63) is 35.4 Å². The number of nitrogens with zero attached hydrogens (tertiary/aromatic N) is 4. The molecule has 172 valence electrons. The van der Waals surface area contributed by atoms with Crippen LogP contribution in [0.5, 0.6) is 5.75 Å². The van der Waals surface area contributed by atoms with Crippen LogP contribution in [-0.4, -0.2) is 69.9 Å². The first-order valence-electron chi connectivity index (χ1n) is 10.8. The molecule has 3 N–H and O–H groups in total. The van der Waals surface area contributed by atoms with Crippen molar-refractivity contribution in [2.24, 2.45) is 5.73 Å². The molecule has 1 amide bonds. The molecule has 4 rings (SSSR count). The number of carbonyl (C=O) groups is 1. The number of ether oxygens (including phenoxy) is 2. The highest BCUT2D eigenvalue weighted by molar-refractivity contribution is 5.72. The number of carbonyl (C=O) groups excluding carboxylic acids is 1. The van der Waals surface area contributed by atoms with E-state index in [1.54, 1.807) is 11.0 Å². The van der Waals surface area contributed by atoms with Crippen molar-refractivity contribution in [1.29, 1.82) is 0 Å². The van der Waals surface area contributed by atoms with Gasteiger partial charge in [-0.25, -0.2) is 4.79 Å². The van der Waals surface area contributed by atoms with E-state index in [2.05, 4.69) is 10.2 Å². The van der Waals surface area contributed by atoms with E-state index in [0.717, 1.165) is 11.1 Å². The van der Waals surface area contributed by atoms with Crippen LogP contribution >= 0.6 is 0 Å². The van der Waals surface area contributed by atoms with E-state index in [4.69, 9.17) is 15.2 Å². The Labute approximate surface area is 188 Å². The number of phenolic OH excluding ortho intramolecular Hbond substituents is 1. The minimum absolute atomic E-state index is 0.180. The van der Waals surface area contributed by atoms with Gasteiger partial charge in [0.25, 0.3) is 0 Å². The van der Waals surface area contributed by atoms with Crippen molar-refractivity contribution >= 4 is 11.9 Å². The maximum atomic E-state index is 12.8. The van der Waals surface area contributed by atoms with Gasteiger partial charge in [0, 0.05) is 18.7 Å². The lowest BCUT2D eigenvalue weighted by Crippen LogP contribution is -2.69. The molecule has 32 heavy (non-hydrogen) atoms. The Hall–Kier alpha value is -2.91. The minimum atomic E-state index is -1.02. The Kier molecular flexibility index (Phi) is 5.50. The van der Waals surface area contributed by atoms with Crippen molar-refractivity contribution in [2.45, 2.75) is 52.0 Å². The smallest absolute Gasteiger partial charge is 0.412 e. The van der Waals surface area contributed by atoms with E-state index in [9.17, 15) is 9.90 Å². The van der Waals surface area contributed by atoms with Crippen LogP contribution in [0, 0.1) is 13.8 Å². The standard InChI is InChI=1S/C23H31N5O4/c1-14-10-15(2)20(17(29)11-14)16-6-7-19(26-25-16)27-12-18-23(24,13-27)28(8-9-31-18)21(30)32-22(3,4)5/h6-7,10-11,18,29H,8-9,12-13,24H2,1-5H3/t18-,23-/m1/s1. The molecule has 3 heterocycles. The van der Waals surface area contributed by atoms with Crippen LogP contribution in [0.25, 0.3) is 11.3 Å². The van der Waals surface area contributed by atoms with Crippen LogP contribution in [0.1, 0.15) is 31.9 Å². The number of aromatic nitrogens is 2. The fourth-order valence-electron chi connectivity index (χ4n) is 4.44. The Bertz CT molecular complexity index is 997. The van der Waals surface area contributed by atoms with Crippen molar-refractivity contribution in [1.82, 2.24) is 15.1 Å². The Balaban J connectivity index is 1.56. The molecule has 2 aliphatic rings. The highest BCUT2D eigenvalue weighted by atomic mass is 16.6. The van der Waals surface area contributed by atoms with E-state index < -0.39 is 17.4 Å². The average molecular weight is 442 g/mol. The second kappa shape index (κ2) is 7.90. The first kappa shape index (κ1) is 22.3. The number of benzene rings is 1. The molecule has 0 aliphatic carbocycles. The summed E-state index contributed by atoms with van der Waals surface area (Å²) in [6.07, 6.45) is -0.810. The lowest BCUT2D eigenvalue weighted by molar-refractivity contribution is -0.0991. The Morgan fingerprint density at radius 3 is 2.66 bits per heavy atom. The third-order valence-corrected chi connectivity index (χ3v) is 5.83. The zero-order valence-corrected chi connectivity index (χ0v) is 19.3. The predicted octanol–water partition coefficient (Wildman–Crippen LogP) is 2.58. The topological polar surface area (TPSA) is 114 Å². The van der Waals surface area contributed by atoms with Crippen molar-refractivity contribution in [2.75, 3.05) is 31.1 Å². The number of hydrogen-bond donors (Lipinski definition) is 2. The highest BCUT2D eigenvalue weighted by Gasteiger charge is 2.54. The van der Waals surface area contributed by atoms with Gasteiger partial charge in [-0.15, -0.1) is 10.2 Å². The molecular weight excluding hydrogens is 410 g/mol. The lowest BCUT2D eigenvalue weighted by atomic mass is 10.0. The van der Waals surface area contributed by atoms with Gasteiger partial charge in [-0.05, 0) is 63.9 Å². The van der Waals surface area contributed by atoms with Gasteiger partial charge in [0.05, 0.1) is 18.8 Å². The molecule has 1 aromatic carbocycles. The molecule has 2 aromatic rings. The third-order valence-electron chi connectivity index (χ3n) is 5.83. The molecule has 0 saturated carbocycles. The molecule has 9 heteroatoms. The fourth-order valence-corrected chi connectivity index (χ4v) is 4.44. The second-order valence-corrected chi connectivity index (χ2v) is 9.62. The van der Waals surface area contributed by atoms with Gasteiger partial charge in [0.1, 0.15) is 23.1 Å². The summed E-state index contributed by atoms with van der Waals surface area (Å²) >= 11 is 0. The van der Waals surface area contributed by atoms with Gasteiger partial charge < -0.3 is 25.2 Å². The Morgan fingerprint density at radius 2 is 2.03 bits per heavy atom. The number of amides is 1. The third kappa shape index (κ3) is 4.10. The number of fused-ring (bicyclic) bond motifs is 1. The van der Waals surface area contributed by atoms with Crippen LogP contribution < -0.4 is 10.6 Å². The molecule has 9 nitrogen and oxygen atoms in total. The van der Waals surface area contributed by atoms with Gasteiger partial charge in [0.15, 0.2) is 5.82 Å². The SMILES string of the molecule is Cc1cc(C)c(-c2ccc(N3C[C@H]4OCCN(C(=O)OC(C)(C)C)[C@]4(N)C3)nn2)c(O)c1. The van der Waals surface area contributed by atoms with Gasteiger partial charge in [-0.2, -0.15) is 0 Å². The molecule has 2 fully saturated rings. The quantitative estimate of drug-likeness (QED) is 0.731. The predicted molar refractivity (Wildman–Crippen MR) is 120 cm³/mol. The molecule has 0 unspecified atom stereocenters. The van der Waals surface area contributed by atoms with E-state index >= 15 is 0 Å². The number of aromatic hydroxyl groups is 1. The summed E-state index contributed by atoms with van der Waals surface area (Å²) in [6.45, 7) is 11.0. The number of rotatable bonds is 2. The van der Waals surface area contributed by atoms with Crippen molar-refractivity contribution < 1.29 is 19.4 Å². The fraction of sp³-hybridized carbons (Fsp3) is 0.522. The number of hydrogen-bond acceptors (Lipinski definition) is 8. The maximum absolute atomic E-state index is 12.8. The normalized spacial score (nSPS) is 23.2. The average Bonchev–Trinajstić information content (AvgIpc) is 3.03. The van der Waals surface area contributed by atoms with Crippen molar-refractivity contribution in [3.8, 4) is 17.0 Å². The first-order chi connectivity index (χ1) is 15.0. The van der Waals surface area contributed by atoms with E-state index in [1.807, 2.05) is 57.7 Å². The van der Waals surface area contributed by atoms with Gasteiger partial charge in [-0.3, -0.25) is 4.90 Å². The number of morpholine rings is 1. The number of anilines is 1. The number of aryl methyl sites for hydroxylation is 2. The molecule has 0 bridgehead atoms. The van der Waals surface area contributed by atoms with Gasteiger partial charge >= 0.3 is 6.09 Å². The summed E-state index contributed by atoms with van der Waals surface area (Å²) in [5.74, 6) is 0.809. The summed E-state index contributed by atoms with van der Waals surface area (Å²) in [5, 5.41) is 19.1. The summed E-state index contributed by atoms with van der Waals surface area (Å²) in [4.78, 5) is 16.3. The Morgan fingerprint density at radius 1 is 1.28 bits per heavy atom. The minimum Gasteiger partial charge on any atom is -0.507 e. The second-order valence-electron chi connectivity index (χ2n) is 9.62. The van der Waals surface area contributed by atoms with Crippen LogP contribution in [-0.2, 0) is 9.47 Å². The summed E-state index contributed by atoms with van der Waals surface area (Å²) < 4.78 is 11.5. The molecule has 2 saturated heterocycles. The summed E-state index contributed by atoms with van der Waals surface area (Å²) in [7, 11) is 0. The largest absolute Gasteiger partial charge is 0.507 e. The molecule has 2 atom stereocenters. The van der Waals surface area contributed by atoms with Crippen LogP contribution in [0.2, 0.25) is 0 Å². The first-order valence-corrected chi connectivity index (χ1v) is 10.8.